The van der Waals surface area contributed by atoms with E-state index in [1.54, 1.807) is 4.72 Å². The Kier molecular flexibility index (Phi) is 6.13. The molecule has 10 heteroatoms. The lowest BCUT2D eigenvalue weighted by Gasteiger charge is -2.05. The first-order chi connectivity index (χ1) is 8.69. The van der Waals surface area contributed by atoms with Crippen LogP contribution >= 0.6 is 0 Å². The van der Waals surface area contributed by atoms with Crippen molar-refractivity contribution in [3.05, 3.63) is 24.3 Å². The molecule has 0 fully saturated rings. The molecule has 0 unspecified atom stereocenters. The standard InChI is InChI=1S/C8H10N2O4S.CH3NO2/c1-14-8(11)10-15(12,13)7-4-2-6(9)3-5-7;2-1(3)4/h2-5H,9H2,1H3,(H,10,11);2H2,(H,3,4). The first kappa shape index (κ1) is 16.5. The van der Waals surface area contributed by atoms with Crippen molar-refractivity contribution in [2.45, 2.75) is 4.90 Å². The number of methoxy groups -OCH3 is 1. The number of sulfonamides is 1. The molecule has 0 atom stereocenters. The van der Waals surface area contributed by atoms with Crippen LogP contribution in [0.5, 0.6) is 0 Å². The number of rotatable bonds is 2. The van der Waals surface area contributed by atoms with Gasteiger partial charge in [-0.1, -0.05) is 0 Å². The zero-order valence-corrected chi connectivity index (χ0v) is 10.7. The third-order valence-electron chi connectivity index (χ3n) is 1.59. The Bertz CT molecular complexity index is 536. The summed E-state index contributed by atoms with van der Waals surface area (Å²) in [6.45, 7) is 0. The summed E-state index contributed by atoms with van der Waals surface area (Å²) >= 11 is 0. The number of anilines is 1. The van der Waals surface area contributed by atoms with Crippen molar-refractivity contribution in [2.75, 3.05) is 12.8 Å². The number of carbonyl (C=O) groups is 2. The summed E-state index contributed by atoms with van der Waals surface area (Å²) in [6, 6.07) is 5.43. The van der Waals surface area contributed by atoms with Crippen LogP contribution in [0.2, 0.25) is 0 Å². The van der Waals surface area contributed by atoms with Crippen LogP contribution in [0.4, 0.5) is 15.3 Å². The number of nitrogens with one attached hydrogen (secondary N) is 1. The quantitative estimate of drug-likeness (QED) is 0.554. The molecule has 0 radical (unpaired) electrons. The summed E-state index contributed by atoms with van der Waals surface area (Å²) < 4.78 is 28.8. The average molecular weight is 291 g/mol. The molecule has 6 N–H and O–H groups in total. The highest BCUT2D eigenvalue weighted by molar-refractivity contribution is 7.90. The second kappa shape index (κ2) is 7.06. The maximum Gasteiger partial charge on any atom is 0.420 e. The van der Waals surface area contributed by atoms with Gasteiger partial charge in [-0.05, 0) is 24.3 Å². The van der Waals surface area contributed by atoms with Gasteiger partial charge < -0.3 is 21.3 Å². The Morgan fingerprint density at radius 1 is 1.26 bits per heavy atom. The maximum atomic E-state index is 11.5. The van der Waals surface area contributed by atoms with Crippen LogP contribution in [0.25, 0.3) is 0 Å². The summed E-state index contributed by atoms with van der Waals surface area (Å²) in [5, 5.41) is 7.19. The molecule has 0 saturated carbocycles. The number of hydrogen-bond acceptors (Lipinski definition) is 6. The third kappa shape index (κ3) is 6.73. The molecule has 0 aromatic heterocycles. The normalized spacial score (nSPS) is 9.74. The van der Waals surface area contributed by atoms with E-state index in [1.165, 1.54) is 24.3 Å². The van der Waals surface area contributed by atoms with Crippen LogP contribution in [0.15, 0.2) is 29.2 Å². The molecule has 0 aliphatic carbocycles. The molecular formula is C9H13N3O6S. The van der Waals surface area contributed by atoms with Crippen molar-refractivity contribution >= 4 is 27.9 Å². The van der Waals surface area contributed by atoms with E-state index < -0.39 is 22.2 Å². The topological polar surface area (TPSA) is 162 Å². The molecule has 0 heterocycles. The molecule has 2 amide bonds. The average Bonchev–Trinajstić information content (AvgIpc) is 2.28. The fourth-order valence-corrected chi connectivity index (χ4v) is 1.77. The van der Waals surface area contributed by atoms with E-state index in [9.17, 15) is 13.2 Å². The van der Waals surface area contributed by atoms with Gasteiger partial charge in [0.25, 0.3) is 10.0 Å². The minimum atomic E-state index is -3.87. The largest absolute Gasteiger partial charge is 0.465 e. The van der Waals surface area contributed by atoms with Gasteiger partial charge in [-0.15, -0.1) is 0 Å². The fourth-order valence-electron chi connectivity index (χ4n) is 0.857. The van der Waals surface area contributed by atoms with E-state index >= 15 is 0 Å². The van der Waals surface area contributed by atoms with Gasteiger partial charge >= 0.3 is 12.2 Å². The van der Waals surface area contributed by atoms with Crippen LogP contribution in [0, 0.1) is 0 Å². The summed E-state index contributed by atoms with van der Waals surface area (Å²) in [7, 11) is -2.79. The second-order valence-electron chi connectivity index (χ2n) is 3.00. The minimum Gasteiger partial charge on any atom is -0.465 e. The zero-order valence-electron chi connectivity index (χ0n) is 9.86. The van der Waals surface area contributed by atoms with Gasteiger partial charge in [-0.25, -0.2) is 22.7 Å². The molecule has 0 aliphatic heterocycles. The van der Waals surface area contributed by atoms with Gasteiger partial charge in [0.2, 0.25) is 0 Å². The molecule has 0 saturated heterocycles. The second-order valence-corrected chi connectivity index (χ2v) is 4.69. The van der Waals surface area contributed by atoms with Crippen molar-refractivity contribution in [1.82, 2.24) is 4.72 Å². The maximum absolute atomic E-state index is 11.5. The fraction of sp³-hybridized carbons (Fsp3) is 0.111. The first-order valence-corrected chi connectivity index (χ1v) is 6.12. The van der Waals surface area contributed by atoms with E-state index in [2.05, 4.69) is 10.5 Å². The molecule has 19 heavy (non-hydrogen) atoms. The van der Waals surface area contributed by atoms with Crippen molar-refractivity contribution < 1.29 is 27.9 Å². The zero-order chi connectivity index (χ0) is 15.1. The van der Waals surface area contributed by atoms with E-state index in [-0.39, 0.29) is 4.90 Å². The van der Waals surface area contributed by atoms with Crippen LogP contribution in [0.1, 0.15) is 0 Å². The van der Waals surface area contributed by atoms with Crippen LogP contribution < -0.4 is 16.2 Å². The molecule has 0 aliphatic rings. The number of primary amides is 1. The number of nitrogen functional groups attached to an aromatic ring is 1. The van der Waals surface area contributed by atoms with Gasteiger partial charge in [0.15, 0.2) is 0 Å². The number of benzene rings is 1. The Labute approximate surface area is 109 Å². The SMILES string of the molecule is COC(=O)NS(=O)(=O)c1ccc(N)cc1.NC(=O)O. The number of nitrogens with two attached hydrogens (primary N) is 2. The highest BCUT2D eigenvalue weighted by Gasteiger charge is 2.17. The Hall–Kier alpha value is -2.49. The summed E-state index contributed by atoms with van der Waals surface area (Å²) in [5.41, 5.74) is 9.86. The molecule has 0 spiro atoms. The molecule has 106 valence electrons. The predicted molar refractivity (Wildman–Crippen MR) is 65.8 cm³/mol. The molecule has 0 bridgehead atoms. The first-order valence-electron chi connectivity index (χ1n) is 4.63. The third-order valence-corrected chi connectivity index (χ3v) is 2.92. The monoisotopic (exact) mass is 291 g/mol. The number of carbonyl (C=O) groups excluding carboxylic acids is 1. The number of amides is 2. The van der Waals surface area contributed by atoms with E-state index in [0.29, 0.717) is 5.69 Å². The molecule has 1 aromatic rings. The minimum absolute atomic E-state index is 0.0536. The Morgan fingerprint density at radius 2 is 1.68 bits per heavy atom. The van der Waals surface area contributed by atoms with E-state index in [1.807, 2.05) is 0 Å². The summed E-state index contributed by atoms with van der Waals surface area (Å²) in [6.07, 6.45) is -2.37. The molecule has 1 aromatic carbocycles. The van der Waals surface area contributed by atoms with Crippen molar-refractivity contribution in [2.24, 2.45) is 5.73 Å². The molecule has 9 nitrogen and oxygen atoms in total. The van der Waals surface area contributed by atoms with Gasteiger partial charge in [-0.2, -0.15) is 0 Å². The van der Waals surface area contributed by atoms with E-state index in [4.69, 9.17) is 15.6 Å². The number of ether oxygens (including phenoxy) is 1. The highest BCUT2D eigenvalue weighted by atomic mass is 32.2. The van der Waals surface area contributed by atoms with Crippen molar-refractivity contribution in [1.29, 1.82) is 0 Å². The predicted octanol–water partition coefficient (Wildman–Crippen LogP) is -0.0634. The van der Waals surface area contributed by atoms with Crippen molar-refractivity contribution in [3.63, 3.8) is 0 Å². The smallest absolute Gasteiger partial charge is 0.420 e. The van der Waals surface area contributed by atoms with Crippen molar-refractivity contribution in [3.8, 4) is 0 Å². The summed E-state index contributed by atoms with van der Waals surface area (Å²) in [5.74, 6) is 0. The summed E-state index contributed by atoms with van der Waals surface area (Å²) in [4.78, 5) is 19.5. The van der Waals surface area contributed by atoms with Gasteiger partial charge in [0.05, 0.1) is 12.0 Å². The van der Waals surface area contributed by atoms with Crippen LogP contribution in [0.3, 0.4) is 0 Å². The number of carboxylic acid groups (broad SMARTS) is 1. The number of hydrogen-bond donors (Lipinski definition) is 4. The Balaban J connectivity index is 0.000000711. The lowest BCUT2D eigenvalue weighted by molar-refractivity contribution is 0.177. The van der Waals surface area contributed by atoms with Crippen LogP contribution in [-0.4, -0.2) is 32.8 Å². The van der Waals surface area contributed by atoms with Gasteiger partial charge in [0.1, 0.15) is 0 Å². The Morgan fingerprint density at radius 3 is 2.05 bits per heavy atom. The lowest BCUT2D eigenvalue weighted by atomic mass is 10.3. The molecule has 1 rings (SSSR count). The highest BCUT2D eigenvalue weighted by Crippen LogP contribution is 2.11. The molecular weight excluding hydrogens is 278 g/mol. The van der Waals surface area contributed by atoms with Crippen LogP contribution in [-0.2, 0) is 14.8 Å². The van der Waals surface area contributed by atoms with Gasteiger partial charge in [0, 0.05) is 5.69 Å². The van der Waals surface area contributed by atoms with E-state index in [0.717, 1.165) is 7.11 Å². The lowest BCUT2D eigenvalue weighted by Crippen LogP contribution is -2.30. The van der Waals surface area contributed by atoms with Gasteiger partial charge in [-0.3, -0.25) is 0 Å².